The Morgan fingerprint density at radius 1 is 0.939 bits per heavy atom. The Morgan fingerprint density at radius 3 is 2.15 bits per heavy atom. The van der Waals surface area contributed by atoms with Crippen LogP contribution in [0.1, 0.15) is 49.2 Å². The molecule has 2 N–H and O–H groups in total. The standard InChI is InChI=1S/C26H27N5O2/c1-4-5-6-7-8-22-29-25-24(27-17-28-25)26(30-22)31-23(18-9-13-20(32-2)14-10-18)19-11-15-21(33-3)16-12-19/h9-17,23H,4-6H2,1-3H3,(H2,27,28,29,30,31). The molecule has 0 saturated carbocycles. The molecule has 168 valence electrons. The first-order chi connectivity index (χ1) is 16.2. The molecule has 0 aliphatic carbocycles. The van der Waals surface area contributed by atoms with Crippen LogP contribution in [-0.2, 0) is 0 Å². The summed E-state index contributed by atoms with van der Waals surface area (Å²) in [6.45, 7) is 2.15. The number of anilines is 1. The van der Waals surface area contributed by atoms with Gasteiger partial charge in [0.1, 0.15) is 17.0 Å². The summed E-state index contributed by atoms with van der Waals surface area (Å²) in [5.41, 5.74) is 3.43. The molecule has 2 aromatic carbocycles. The molecular weight excluding hydrogens is 414 g/mol. The van der Waals surface area contributed by atoms with Crippen molar-refractivity contribution in [2.45, 2.75) is 32.2 Å². The van der Waals surface area contributed by atoms with Gasteiger partial charge in [0.25, 0.3) is 0 Å². The van der Waals surface area contributed by atoms with Gasteiger partial charge in [-0.25, -0.2) is 9.97 Å². The van der Waals surface area contributed by atoms with Gasteiger partial charge < -0.3 is 19.8 Å². The normalized spacial score (nSPS) is 10.7. The molecule has 0 aliphatic heterocycles. The number of unbranched alkanes of at least 4 members (excludes halogenated alkanes) is 2. The molecule has 0 amide bonds. The van der Waals surface area contributed by atoms with Crippen molar-refractivity contribution in [2.75, 3.05) is 19.5 Å². The van der Waals surface area contributed by atoms with Crippen LogP contribution in [0.3, 0.4) is 0 Å². The van der Waals surface area contributed by atoms with Gasteiger partial charge in [-0.1, -0.05) is 43.5 Å². The molecule has 4 rings (SSSR count). The summed E-state index contributed by atoms with van der Waals surface area (Å²) in [5.74, 6) is 8.95. The SMILES string of the molecule is CCCCC#Cc1nc(NC(c2ccc(OC)cc2)c2ccc(OC)cc2)c2[nH]cnc2n1. The maximum Gasteiger partial charge on any atom is 0.209 e. The first kappa shape index (κ1) is 22.2. The van der Waals surface area contributed by atoms with E-state index in [1.165, 1.54) is 0 Å². The van der Waals surface area contributed by atoms with Crippen molar-refractivity contribution < 1.29 is 9.47 Å². The molecule has 33 heavy (non-hydrogen) atoms. The maximum atomic E-state index is 5.33. The van der Waals surface area contributed by atoms with Crippen LogP contribution in [0.2, 0.25) is 0 Å². The number of hydrogen-bond donors (Lipinski definition) is 2. The van der Waals surface area contributed by atoms with E-state index in [1.807, 2.05) is 48.5 Å². The number of benzene rings is 2. The number of imidazole rings is 1. The third kappa shape index (κ3) is 5.24. The summed E-state index contributed by atoms with van der Waals surface area (Å²) >= 11 is 0. The number of aromatic amines is 1. The number of nitrogens with zero attached hydrogens (tertiary/aromatic N) is 3. The van der Waals surface area contributed by atoms with Crippen molar-refractivity contribution in [3.8, 4) is 23.3 Å². The second-order valence-corrected chi connectivity index (χ2v) is 7.53. The van der Waals surface area contributed by atoms with Crippen LogP contribution >= 0.6 is 0 Å². The molecule has 0 unspecified atom stereocenters. The van der Waals surface area contributed by atoms with Crippen LogP contribution in [0, 0.1) is 11.8 Å². The molecule has 0 atom stereocenters. The van der Waals surface area contributed by atoms with Crippen molar-refractivity contribution >= 4 is 17.0 Å². The lowest BCUT2D eigenvalue weighted by atomic mass is 9.98. The first-order valence-corrected chi connectivity index (χ1v) is 11.0. The predicted molar refractivity (Wildman–Crippen MR) is 130 cm³/mol. The molecule has 0 aliphatic rings. The molecule has 2 aromatic heterocycles. The summed E-state index contributed by atoms with van der Waals surface area (Å²) in [5, 5.41) is 3.59. The quantitative estimate of drug-likeness (QED) is 0.292. The summed E-state index contributed by atoms with van der Waals surface area (Å²) in [4.78, 5) is 16.7. The molecule has 7 nitrogen and oxygen atoms in total. The van der Waals surface area contributed by atoms with Crippen molar-refractivity contribution in [2.24, 2.45) is 0 Å². The molecule has 2 heterocycles. The molecule has 7 heteroatoms. The number of nitrogens with one attached hydrogen (secondary N) is 2. The van der Waals surface area contributed by atoms with Crippen LogP contribution < -0.4 is 14.8 Å². The van der Waals surface area contributed by atoms with Crippen LogP contribution in [-0.4, -0.2) is 34.2 Å². The topological polar surface area (TPSA) is 85.0 Å². The number of aromatic nitrogens is 4. The average molecular weight is 442 g/mol. The summed E-state index contributed by atoms with van der Waals surface area (Å²) in [6.07, 6.45) is 4.60. The molecule has 0 spiro atoms. The number of H-pyrrole nitrogens is 1. The number of rotatable bonds is 8. The Labute approximate surface area is 193 Å². The van der Waals surface area contributed by atoms with E-state index in [2.05, 4.69) is 39.0 Å². The van der Waals surface area contributed by atoms with E-state index < -0.39 is 0 Å². The van der Waals surface area contributed by atoms with E-state index in [0.717, 1.165) is 47.4 Å². The third-order valence-electron chi connectivity index (χ3n) is 5.32. The highest BCUT2D eigenvalue weighted by Crippen LogP contribution is 2.30. The van der Waals surface area contributed by atoms with E-state index in [0.29, 0.717) is 17.3 Å². The lowest BCUT2D eigenvalue weighted by Gasteiger charge is -2.21. The fourth-order valence-corrected chi connectivity index (χ4v) is 3.49. The molecule has 0 fully saturated rings. The Kier molecular flexibility index (Phi) is 7.06. The van der Waals surface area contributed by atoms with Gasteiger partial charge in [-0.3, -0.25) is 0 Å². The van der Waals surface area contributed by atoms with Gasteiger partial charge in [0.05, 0.1) is 26.6 Å². The highest BCUT2D eigenvalue weighted by atomic mass is 16.5. The molecule has 0 radical (unpaired) electrons. The van der Waals surface area contributed by atoms with Gasteiger partial charge in [0.2, 0.25) is 5.82 Å². The van der Waals surface area contributed by atoms with Gasteiger partial charge in [-0.2, -0.15) is 4.98 Å². The van der Waals surface area contributed by atoms with Gasteiger partial charge in [-0.15, -0.1) is 0 Å². The summed E-state index contributed by atoms with van der Waals surface area (Å²) < 4.78 is 10.7. The Bertz CT molecular complexity index is 1210. The van der Waals surface area contributed by atoms with Crippen molar-refractivity contribution in [1.82, 2.24) is 19.9 Å². The van der Waals surface area contributed by atoms with Crippen LogP contribution in [0.25, 0.3) is 11.2 Å². The van der Waals surface area contributed by atoms with E-state index in [-0.39, 0.29) is 6.04 Å². The molecule has 0 saturated heterocycles. The minimum Gasteiger partial charge on any atom is -0.497 e. The maximum absolute atomic E-state index is 5.33. The zero-order valence-corrected chi connectivity index (χ0v) is 19.1. The third-order valence-corrected chi connectivity index (χ3v) is 5.32. The summed E-state index contributed by atoms with van der Waals surface area (Å²) in [7, 11) is 3.32. The Balaban J connectivity index is 1.74. The van der Waals surface area contributed by atoms with E-state index in [1.54, 1.807) is 20.5 Å². The van der Waals surface area contributed by atoms with Crippen LogP contribution in [0.15, 0.2) is 54.9 Å². The Morgan fingerprint density at radius 2 is 1.58 bits per heavy atom. The Hall–Kier alpha value is -4.05. The van der Waals surface area contributed by atoms with Crippen molar-refractivity contribution in [3.63, 3.8) is 0 Å². The van der Waals surface area contributed by atoms with Crippen molar-refractivity contribution in [1.29, 1.82) is 0 Å². The number of fused-ring (bicyclic) bond motifs is 1. The fourth-order valence-electron chi connectivity index (χ4n) is 3.49. The molecular formula is C26H27N5O2. The number of ether oxygens (including phenoxy) is 2. The summed E-state index contributed by atoms with van der Waals surface area (Å²) in [6, 6.07) is 15.8. The fraction of sp³-hybridized carbons (Fsp3) is 0.269. The number of hydrogen-bond acceptors (Lipinski definition) is 6. The van der Waals surface area contributed by atoms with E-state index in [9.17, 15) is 0 Å². The zero-order valence-electron chi connectivity index (χ0n) is 19.1. The highest BCUT2D eigenvalue weighted by Gasteiger charge is 2.18. The lowest BCUT2D eigenvalue weighted by Crippen LogP contribution is -2.14. The molecule has 4 aromatic rings. The average Bonchev–Trinajstić information content (AvgIpc) is 3.34. The van der Waals surface area contributed by atoms with Gasteiger partial charge in [0, 0.05) is 6.42 Å². The monoisotopic (exact) mass is 441 g/mol. The largest absolute Gasteiger partial charge is 0.497 e. The second-order valence-electron chi connectivity index (χ2n) is 7.53. The van der Waals surface area contributed by atoms with Gasteiger partial charge in [-0.05, 0) is 47.7 Å². The number of methoxy groups -OCH3 is 2. The predicted octanol–water partition coefficient (Wildman–Crippen LogP) is 5.11. The molecule has 0 bridgehead atoms. The van der Waals surface area contributed by atoms with Gasteiger partial charge >= 0.3 is 0 Å². The first-order valence-electron chi connectivity index (χ1n) is 11.0. The zero-order chi connectivity index (χ0) is 23.0. The van der Waals surface area contributed by atoms with Crippen LogP contribution in [0.5, 0.6) is 11.5 Å². The van der Waals surface area contributed by atoms with E-state index >= 15 is 0 Å². The van der Waals surface area contributed by atoms with Crippen molar-refractivity contribution in [3.05, 3.63) is 71.8 Å². The smallest absolute Gasteiger partial charge is 0.209 e. The second kappa shape index (κ2) is 10.5. The minimum atomic E-state index is -0.177. The highest BCUT2D eigenvalue weighted by molar-refractivity contribution is 5.83. The lowest BCUT2D eigenvalue weighted by molar-refractivity contribution is 0.414. The minimum absolute atomic E-state index is 0.177. The van der Waals surface area contributed by atoms with E-state index in [4.69, 9.17) is 14.5 Å². The van der Waals surface area contributed by atoms with Gasteiger partial charge in [0.15, 0.2) is 11.5 Å². The van der Waals surface area contributed by atoms with Crippen LogP contribution in [0.4, 0.5) is 5.82 Å².